The highest BCUT2D eigenvalue weighted by molar-refractivity contribution is 5.99. The molecule has 3 amide bonds. The van der Waals surface area contributed by atoms with Crippen LogP contribution in [0.25, 0.3) is 0 Å². The Morgan fingerprint density at radius 1 is 1.29 bits per heavy atom. The second kappa shape index (κ2) is 7.71. The molecule has 9 nitrogen and oxygen atoms in total. The maximum Gasteiger partial charge on any atom is 0.319 e. The van der Waals surface area contributed by atoms with E-state index in [2.05, 4.69) is 25.5 Å². The number of carbonyl (C=O) groups excluding carboxylic acids is 2. The molecule has 2 aliphatic rings. The van der Waals surface area contributed by atoms with Crippen LogP contribution in [0.2, 0.25) is 0 Å². The SMILES string of the molecule is CN1C(=O)COc2ccc(NC(=O)N[C@H]3CCCN(c4ncccn4)C3)cc21. The van der Waals surface area contributed by atoms with Gasteiger partial charge in [0.1, 0.15) is 5.75 Å². The molecular formula is C19H22N6O3. The normalized spacial score (nSPS) is 18.9. The number of nitrogens with one attached hydrogen (secondary N) is 2. The first kappa shape index (κ1) is 18.0. The van der Waals surface area contributed by atoms with Gasteiger partial charge in [0.15, 0.2) is 6.61 Å². The van der Waals surface area contributed by atoms with Crippen molar-refractivity contribution in [3.05, 3.63) is 36.7 Å². The molecule has 1 aromatic heterocycles. The zero-order valence-electron chi connectivity index (χ0n) is 15.6. The van der Waals surface area contributed by atoms with Crippen molar-refractivity contribution in [3.8, 4) is 5.75 Å². The molecule has 3 heterocycles. The molecule has 0 unspecified atom stereocenters. The first-order chi connectivity index (χ1) is 13.6. The van der Waals surface area contributed by atoms with E-state index in [1.807, 2.05) is 0 Å². The Morgan fingerprint density at radius 3 is 2.93 bits per heavy atom. The first-order valence-corrected chi connectivity index (χ1v) is 9.23. The largest absolute Gasteiger partial charge is 0.482 e. The van der Waals surface area contributed by atoms with E-state index in [9.17, 15) is 9.59 Å². The average molecular weight is 382 g/mol. The molecule has 146 valence electrons. The number of hydrogen-bond acceptors (Lipinski definition) is 6. The van der Waals surface area contributed by atoms with E-state index in [4.69, 9.17) is 4.74 Å². The van der Waals surface area contributed by atoms with Gasteiger partial charge in [-0.2, -0.15) is 0 Å². The summed E-state index contributed by atoms with van der Waals surface area (Å²) in [4.78, 5) is 36.4. The van der Waals surface area contributed by atoms with Crippen LogP contribution in [0.4, 0.5) is 22.1 Å². The molecule has 2 N–H and O–H groups in total. The molecule has 0 spiro atoms. The maximum atomic E-state index is 12.5. The quantitative estimate of drug-likeness (QED) is 0.837. The van der Waals surface area contributed by atoms with Crippen LogP contribution >= 0.6 is 0 Å². The zero-order valence-corrected chi connectivity index (χ0v) is 15.6. The zero-order chi connectivity index (χ0) is 19.5. The third kappa shape index (κ3) is 3.83. The molecule has 1 atom stereocenters. The first-order valence-electron chi connectivity index (χ1n) is 9.23. The van der Waals surface area contributed by atoms with Crippen LogP contribution in [0.15, 0.2) is 36.7 Å². The molecule has 0 bridgehead atoms. The lowest BCUT2D eigenvalue weighted by Crippen LogP contribution is -2.49. The predicted octanol–water partition coefficient (Wildman–Crippen LogP) is 1.62. The Labute approximate surface area is 162 Å². The van der Waals surface area contributed by atoms with Gasteiger partial charge in [-0.3, -0.25) is 4.79 Å². The molecule has 0 aliphatic carbocycles. The highest BCUT2D eigenvalue weighted by Gasteiger charge is 2.24. The number of amides is 3. The summed E-state index contributed by atoms with van der Waals surface area (Å²) in [5.41, 5.74) is 1.24. The fourth-order valence-electron chi connectivity index (χ4n) is 3.43. The van der Waals surface area contributed by atoms with Crippen LogP contribution in [-0.2, 0) is 4.79 Å². The van der Waals surface area contributed by atoms with Crippen molar-refractivity contribution in [1.29, 1.82) is 0 Å². The van der Waals surface area contributed by atoms with E-state index < -0.39 is 0 Å². The van der Waals surface area contributed by atoms with E-state index in [1.165, 1.54) is 4.90 Å². The smallest absolute Gasteiger partial charge is 0.319 e. The molecule has 2 aliphatic heterocycles. The number of carbonyl (C=O) groups is 2. The molecule has 1 aromatic carbocycles. The number of ether oxygens (including phenoxy) is 1. The minimum absolute atomic E-state index is 0.00256. The minimum Gasteiger partial charge on any atom is -0.482 e. The highest BCUT2D eigenvalue weighted by atomic mass is 16.5. The van der Waals surface area contributed by atoms with E-state index >= 15 is 0 Å². The van der Waals surface area contributed by atoms with Crippen LogP contribution in [0.3, 0.4) is 0 Å². The van der Waals surface area contributed by atoms with E-state index in [-0.39, 0.29) is 24.6 Å². The van der Waals surface area contributed by atoms with E-state index in [0.29, 0.717) is 29.6 Å². The third-order valence-electron chi connectivity index (χ3n) is 4.90. The van der Waals surface area contributed by atoms with Crippen molar-refractivity contribution in [1.82, 2.24) is 15.3 Å². The number of benzene rings is 1. The number of piperidine rings is 1. The number of nitrogens with zero attached hydrogens (tertiary/aromatic N) is 4. The number of urea groups is 1. The lowest BCUT2D eigenvalue weighted by molar-refractivity contribution is -0.120. The number of aromatic nitrogens is 2. The number of hydrogen-bond donors (Lipinski definition) is 2. The second-order valence-electron chi connectivity index (χ2n) is 6.86. The van der Waals surface area contributed by atoms with Crippen molar-refractivity contribution in [2.45, 2.75) is 18.9 Å². The number of anilines is 3. The number of rotatable bonds is 3. The summed E-state index contributed by atoms with van der Waals surface area (Å²) in [7, 11) is 1.69. The van der Waals surface area contributed by atoms with Gasteiger partial charge in [-0.1, -0.05) is 0 Å². The van der Waals surface area contributed by atoms with Crippen LogP contribution in [0.5, 0.6) is 5.75 Å². The van der Waals surface area contributed by atoms with Gasteiger partial charge in [0.25, 0.3) is 5.91 Å². The molecular weight excluding hydrogens is 360 g/mol. The summed E-state index contributed by atoms with van der Waals surface area (Å²) >= 11 is 0. The molecule has 9 heteroatoms. The average Bonchev–Trinajstić information content (AvgIpc) is 2.72. The van der Waals surface area contributed by atoms with Crippen LogP contribution in [0, 0.1) is 0 Å². The Kier molecular flexibility index (Phi) is 4.96. The van der Waals surface area contributed by atoms with Crippen molar-refractivity contribution in [2.75, 3.05) is 41.9 Å². The topological polar surface area (TPSA) is 99.7 Å². The molecule has 28 heavy (non-hydrogen) atoms. The summed E-state index contributed by atoms with van der Waals surface area (Å²) in [6.07, 6.45) is 5.28. The Morgan fingerprint density at radius 2 is 2.11 bits per heavy atom. The predicted molar refractivity (Wildman–Crippen MR) is 105 cm³/mol. The minimum atomic E-state index is -0.286. The van der Waals surface area contributed by atoms with Crippen molar-refractivity contribution >= 4 is 29.3 Å². The molecule has 2 aromatic rings. The van der Waals surface area contributed by atoms with E-state index in [0.717, 1.165) is 19.4 Å². The third-order valence-corrected chi connectivity index (χ3v) is 4.90. The van der Waals surface area contributed by atoms with Gasteiger partial charge in [0, 0.05) is 44.3 Å². The Balaban J connectivity index is 1.37. The van der Waals surface area contributed by atoms with Crippen LogP contribution in [0.1, 0.15) is 12.8 Å². The fraction of sp³-hybridized carbons (Fsp3) is 0.368. The molecule has 1 fully saturated rings. The molecule has 0 radical (unpaired) electrons. The summed E-state index contributed by atoms with van der Waals surface area (Å²) in [5, 5.41) is 5.84. The second-order valence-corrected chi connectivity index (χ2v) is 6.86. The van der Waals surface area contributed by atoms with E-state index in [1.54, 1.807) is 43.7 Å². The number of likely N-dealkylation sites (N-methyl/N-ethyl adjacent to an activating group) is 1. The molecule has 1 saturated heterocycles. The number of fused-ring (bicyclic) bond motifs is 1. The van der Waals surface area contributed by atoms with Crippen LogP contribution in [-0.4, -0.2) is 54.7 Å². The van der Waals surface area contributed by atoms with Crippen molar-refractivity contribution in [2.24, 2.45) is 0 Å². The molecule has 0 saturated carbocycles. The van der Waals surface area contributed by atoms with Crippen molar-refractivity contribution < 1.29 is 14.3 Å². The van der Waals surface area contributed by atoms with Gasteiger partial charge in [0.05, 0.1) is 5.69 Å². The maximum absolute atomic E-state index is 12.5. The van der Waals surface area contributed by atoms with Gasteiger partial charge >= 0.3 is 6.03 Å². The fourth-order valence-corrected chi connectivity index (χ4v) is 3.43. The van der Waals surface area contributed by atoms with Gasteiger partial charge in [0.2, 0.25) is 5.95 Å². The van der Waals surface area contributed by atoms with Crippen LogP contribution < -0.4 is 25.2 Å². The van der Waals surface area contributed by atoms with Gasteiger partial charge in [-0.15, -0.1) is 0 Å². The highest BCUT2D eigenvalue weighted by Crippen LogP contribution is 2.33. The summed E-state index contributed by atoms with van der Waals surface area (Å²) in [5.74, 6) is 1.18. The Bertz CT molecular complexity index is 875. The summed E-state index contributed by atoms with van der Waals surface area (Å²) < 4.78 is 5.40. The monoisotopic (exact) mass is 382 g/mol. The summed E-state index contributed by atoms with van der Waals surface area (Å²) in [6, 6.07) is 6.74. The summed E-state index contributed by atoms with van der Waals surface area (Å²) in [6.45, 7) is 1.56. The molecule has 4 rings (SSSR count). The van der Waals surface area contributed by atoms with Gasteiger partial charge in [-0.25, -0.2) is 14.8 Å². The Hall–Kier alpha value is -3.36. The van der Waals surface area contributed by atoms with Crippen molar-refractivity contribution in [3.63, 3.8) is 0 Å². The standard InChI is InChI=1S/C19H22N6O3/c1-24-15-10-13(5-6-16(15)28-12-17(24)26)22-19(27)23-14-4-2-9-25(11-14)18-20-7-3-8-21-18/h3,5-8,10,14H,2,4,9,11-12H2,1H3,(H2,22,23,27)/t14-/m0/s1. The van der Waals surface area contributed by atoms with Gasteiger partial charge < -0.3 is 25.2 Å². The van der Waals surface area contributed by atoms with Gasteiger partial charge in [-0.05, 0) is 37.1 Å². The lowest BCUT2D eigenvalue weighted by Gasteiger charge is -2.33. The lowest BCUT2D eigenvalue weighted by atomic mass is 10.1.